The van der Waals surface area contributed by atoms with Gasteiger partial charge in [-0.15, -0.1) is 0 Å². The molecule has 11 heterocycles. The Kier molecular flexibility index (Phi) is 11.9. The minimum Gasteiger partial charge on any atom is -0.459 e. The first-order valence-corrected chi connectivity index (χ1v) is 25.8. The maximum atomic E-state index is 12.4. The van der Waals surface area contributed by atoms with Gasteiger partial charge in [0.1, 0.15) is 30.0 Å². The van der Waals surface area contributed by atoms with Crippen molar-refractivity contribution in [3.63, 3.8) is 0 Å². The summed E-state index contributed by atoms with van der Waals surface area (Å²) < 4.78 is 82.5. The molecule has 0 spiro atoms. The summed E-state index contributed by atoms with van der Waals surface area (Å²) in [5.41, 5.74) is -1.21. The molecule has 0 aromatic carbocycles. The Morgan fingerprint density at radius 2 is 1.49 bits per heavy atom. The van der Waals surface area contributed by atoms with E-state index in [9.17, 15) is 9.59 Å². The zero-order valence-electron chi connectivity index (χ0n) is 41.2. The van der Waals surface area contributed by atoms with Gasteiger partial charge in [0, 0.05) is 57.9 Å². The summed E-state index contributed by atoms with van der Waals surface area (Å²) in [6.45, 7) is 22.8. The highest BCUT2D eigenvalue weighted by Crippen LogP contribution is 2.55. The zero-order chi connectivity index (χ0) is 47.0. The van der Waals surface area contributed by atoms with Crippen molar-refractivity contribution in [3.05, 3.63) is 36.0 Å². The summed E-state index contributed by atoms with van der Waals surface area (Å²) in [5, 5.41) is 0. The van der Waals surface area contributed by atoms with E-state index in [1.54, 1.807) is 6.08 Å². The van der Waals surface area contributed by atoms with Gasteiger partial charge in [0.25, 0.3) is 0 Å². The van der Waals surface area contributed by atoms with Crippen LogP contribution in [0.5, 0.6) is 0 Å². The number of carbonyl (C=O) groups is 2. The molecule has 9 fully saturated rings. The van der Waals surface area contributed by atoms with Crippen LogP contribution >= 0.6 is 0 Å². The van der Waals surface area contributed by atoms with Crippen LogP contribution < -0.4 is 0 Å². The molecular weight excluding hydrogens is 861 g/mol. The van der Waals surface area contributed by atoms with Crippen LogP contribution in [0.1, 0.15) is 146 Å². The average molecular weight is 937 g/mol. The first-order valence-electron chi connectivity index (χ1n) is 25.8. The van der Waals surface area contributed by atoms with Gasteiger partial charge in [-0.1, -0.05) is 38.2 Å². The Morgan fingerprint density at radius 1 is 0.731 bits per heavy atom. The topological polar surface area (TPSA) is 145 Å². The first-order chi connectivity index (χ1) is 31.7. The fourth-order valence-electron chi connectivity index (χ4n) is 14.5. The van der Waals surface area contributed by atoms with Gasteiger partial charge in [-0.2, -0.15) is 0 Å². The van der Waals surface area contributed by atoms with E-state index in [1.165, 1.54) is 6.92 Å². The first kappa shape index (κ1) is 47.1. The quantitative estimate of drug-likeness (QED) is 0.206. The molecule has 67 heavy (non-hydrogen) atoms. The maximum absolute atomic E-state index is 12.4. The molecule has 0 amide bonds. The predicted molar refractivity (Wildman–Crippen MR) is 242 cm³/mol. The van der Waals surface area contributed by atoms with Crippen LogP contribution in [0, 0.1) is 5.92 Å². The summed E-state index contributed by atoms with van der Waals surface area (Å²) >= 11 is 0. The highest BCUT2D eigenvalue weighted by atomic mass is 16.7. The second-order valence-corrected chi connectivity index (χ2v) is 23.6. The van der Waals surface area contributed by atoms with Crippen molar-refractivity contribution in [1.82, 2.24) is 0 Å². The van der Waals surface area contributed by atoms with Gasteiger partial charge in [0.15, 0.2) is 0 Å². The van der Waals surface area contributed by atoms with Gasteiger partial charge in [0.2, 0.25) is 0 Å². The Bertz CT molecular complexity index is 2020. The Morgan fingerprint density at radius 3 is 2.28 bits per heavy atom. The molecule has 23 atom stereocenters. The summed E-state index contributed by atoms with van der Waals surface area (Å²) in [5.74, 6) is -0.463. The number of ether oxygens (including phenoxy) is 12. The van der Waals surface area contributed by atoms with E-state index < -0.39 is 34.1 Å². The van der Waals surface area contributed by atoms with Crippen LogP contribution in [0.25, 0.3) is 0 Å². The number of hydrogen-bond donors (Lipinski definition) is 0. The summed E-state index contributed by atoms with van der Waals surface area (Å²) in [7, 11) is 0. The molecule has 0 aromatic heterocycles. The SMILES string of the molecule is C=C(CC)C[C@@H]1C[C@H](OC(C)=O)[C@]2(C)OC3CC4OC5C[C@]6(C)O[C@]7(C)CCC8OC9C[C@]%10(C)OC%11C(C)=CC(=O)O[C@H]%11C[C@H]%10O[C@H]9C[C@@H](C)[C@H]8O[C@H]7C[C@H]6O[C@@]5(C)C/C=C\[C@H]4O[C@H]3C[C@H]2O1. The molecule has 6 unspecified atom stereocenters. The third-order valence-corrected chi connectivity index (χ3v) is 18.4. The summed E-state index contributed by atoms with van der Waals surface area (Å²) in [6, 6.07) is 0. The van der Waals surface area contributed by atoms with Crippen LogP contribution in [0.4, 0.5) is 0 Å². The van der Waals surface area contributed by atoms with Gasteiger partial charge in [-0.25, -0.2) is 4.79 Å². The number of fused-ring (bicyclic) bond motifs is 10. The van der Waals surface area contributed by atoms with Crippen molar-refractivity contribution in [2.45, 2.75) is 278 Å². The van der Waals surface area contributed by atoms with Crippen molar-refractivity contribution in [2.75, 3.05) is 0 Å². The number of esters is 2. The molecule has 0 aromatic rings. The number of hydrogen-bond acceptors (Lipinski definition) is 14. The molecule has 0 N–H and O–H groups in total. The molecule has 11 rings (SSSR count). The minimum absolute atomic E-state index is 0.108. The van der Waals surface area contributed by atoms with E-state index in [1.807, 2.05) is 13.8 Å². The van der Waals surface area contributed by atoms with E-state index in [2.05, 4.69) is 60.3 Å². The second-order valence-electron chi connectivity index (χ2n) is 23.6. The summed E-state index contributed by atoms with van der Waals surface area (Å²) in [4.78, 5) is 24.7. The molecule has 11 aliphatic heterocycles. The van der Waals surface area contributed by atoms with Gasteiger partial charge in [-0.3, -0.25) is 4.79 Å². The Labute approximate surface area is 396 Å². The fraction of sp³-hybridized carbons (Fsp3) is 0.849. The van der Waals surface area contributed by atoms with Crippen LogP contribution in [-0.2, 0) is 66.4 Å². The molecule has 11 aliphatic rings. The third kappa shape index (κ3) is 8.24. The molecular formula is C53H76O14. The monoisotopic (exact) mass is 937 g/mol. The predicted octanol–water partition coefficient (Wildman–Crippen LogP) is 7.25. The minimum atomic E-state index is -0.831. The van der Waals surface area contributed by atoms with E-state index in [0.717, 1.165) is 43.3 Å². The van der Waals surface area contributed by atoms with Crippen LogP contribution in [0.2, 0.25) is 0 Å². The lowest BCUT2D eigenvalue weighted by Crippen LogP contribution is -2.70. The van der Waals surface area contributed by atoms with Crippen molar-refractivity contribution >= 4 is 11.9 Å². The van der Waals surface area contributed by atoms with E-state index in [4.69, 9.17) is 56.8 Å². The highest BCUT2D eigenvalue weighted by molar-refractivity contribution is 5.84. The molecule has 0 bridgehead atoms. The smallest absolute Gasteiger partial charge is 0.331 e. The van der Waals surface area contributed by atoms with E-state index in [0.29, 0.717) is 51.4 Å². The second kappa shape index (κ2) is 16.9. The number of carbonyl (C=O) groups excluding carboxylic acids is 2. The van der Waals surface area contributed by atoms with Crippen molar-refractivity contribution < 1.29 is 66.4 Å². The summed E-state index contributed by atoms with van der Waals surface area (Å²) in [6.07, 6.45) is 11.1. The van der Waals surface area contributed by atoms with Crippen molar-refractivity contribution in [2.24, 2.45) is 5.92 Å². The van der Waals surface area contributed by atoms with Crippen molar-refractivity contribution in [1.29, 1.82) is 0 Å². The normalized spacial score (nSPS) is 54.9. The molecule has 14 nitrogen and oxygen atoms in total. The van der Waals surface area contributed by atoms with Gasteiger partial charge >= 0.3 is 11.9 Å². The van der Waals surface area contributed by atoms with Crippen LogP contribution in [0.3, 0.4) is 0 Å². The van der Waals surface area contributed by atoms with Crippen LogP contribution in [-0.4, -0.2) is 144 Å². The van der Waals surface area contributed by atoms with Gasteiger partial charge < -0.3 is 56.8 Å². The molecule has 0 saturated carbocycles. The van der Waals surface area contributed by atoms with E-state index >= 15 is 0 Å². The zero-order valence-corrected chi connectivity index (χ0v) is 41.2. The molecule has 372 valence electrons. The molecule has 0 radical (unpaired) electrons. The fourth-order valence-corrected chi connectivity index (χ4v) is 14.5. The average Bonchev–Trinajstić information content (AvgIpc) is 3.45. The van der Waals surface area contributed by atoms with E-state index in [-0.39, 0.29) is 116 Å². The highest BCUT2D eigenvalue weighted by Gasteiger charge is 2.64. The number of rotatable bonds is 4. The van der Waals surface area contributed by atoms with Crippen molar-refractivity contribution in [3.8, 4) is 0 Å². The lowest BCUT2D eigenvalue weighted by atomic mass is 9.72. The lowest BCUT2D eigenvalue weighted by Gasteiger charge is -2.61. The van der Waals surface area contributed by atoms with Gasteiger partial charge in [0.05, 0.1) is 102 Å². The molecule has 14 heteroatoms. The third-order valence-electron chi connectivity index (χ3n) is 18.4. The Balaban J connectivity index is 0.780. The van der Waals surface area contributed by atoms with Crippen LogP contribution in [0.15, 0.2) is 36.0 Å². The molecule has 0 aliphatic carbocycles. The maximum Gasteiger partial charge on any atom is 0.331 e. The standard InChI is InChI=1S/C53H76O14/c1-11-27(2)17-31-20-43(56-30(5)54)53(10)44(57-31)22-36-37(64-53)21-35-32(58-36)13-12-15-49(6)45(61-35)26-52(9)42(65-49)24-41-50(7,67-52)16-14-33-47(63-41)28(3)18-34-39(59-33)25-51(8)40(60-34)23-38-48(66-51)29(4)19-46(55)62-38/h12-13,19,28,31-45,47-48H,2,11,14-18,20-26H2,1,3-10H3/b13-12-/t28-,31-,32-,33?,34+,35?,36+,37?,38+,39?,40-,41+,42-,43+,44-,45?,47-,48?,49+,50-,51+,52+,53+/m1/s1. The molecule has 9 saturated heterocycles. The van der Waals surface area contributed by atoms with Gasteiger partial charge in [-0.05, 0) is 91.6 Å². The largest absolute Gasteiger partial charge is 0.459 e. The Hall–Kier alpha value is -2.24. The lowest BCUT2D eigenvalue weighted by molar-refractivity contribution is -0.356.